The minimum absolute atomic E-state index is 0.195. The minimum atomic E-state index is -1.29. The number of aliphatic carboxylic acids is 1. The molecule has 3 rings (SSSR count). The molecule has 154 valence electrons. The van der Waals surface area contributed by atoms with Gasteiger partial charge in [0, 0.05) is 16.9 Å². The number of methoxy groups -OCH3 is 4. The number of nitrogens with zero attached hydrogens (tertiary/aromatic N) is 1. The quantitative estimate of drug-likeness (QED) is 0.469. The van der Waals surface area contributed by atoms with Crippen molar-refractivity contribution in [3.05, 3.63) is 41.1 Å². The summed E-state index contributed by atoms with van der Waals surface area (Å²) in [6.07, 6.45) is 0. The number of carbonyl (C=O) groups is 2. The molecule has 0 saturated carbocycles. The minimum Gasteiger partial charge on any atom is -0.495 e. The lowest BCUT2D eigenvalue weighted by atomic mass is 10.0. The number of ether oxygens (including phenoxy) is 4. The third-order valence-corrected chi connectivity index (χ3v) is 4.36. The van der Waals surface area contributed by atoms with Crippen molar-refractivity contribution in [2.75, 3.05) is 28.4 Å². The van der Waals surface area contributed by atoms with E-state index >= 15 is 0 Å². The summed E-state index contributed by atoms with van der Waals surface area (Å²) in [5.74, 6) is 4.27. The van der Waals surface area contributed by atoms with Crippen LogP contribution in [0.4, 0.5) is 0 Å². The van der Waals surface area contributed by atoms with E-state index in [1.165, 1.54) is 40.6 Å². The first kappa shape index (κ1) is 20.5. The van der Waals surface area contributed by atoms with Gasteiger partial charge in [0.15, 0.2) is 11.5 Å². The number of H-pyrrole nitrogens is 1. The van der Waals surface area contributed by atoms with Gasteiger partial charge >= 0.3 is 5.97 Å². The van der Waals surface area contributed by atoms with E-state index < -0.39 is 5.97 Å². The molecule has 30 heavy (non-hydrogen) atoms. The fourth-order valence-corrected chi connectivity index (χ4v) is 3.00. The van der Waals surface area contributed by atoms with Crippen LogP contribution in [0, 0.1) is 11.8 Å². The van der Waals surface area contributed by atoms with E-state index in [4.69, 9.17) is 24.1 Å². The highest BCUT2D eigenvalue weighted by molar-refractivity contribution is 6.16. The fourth-order valence-electron chi connectivity index (χ4n) is 3.00. The highest BCUT2D eigenvalue weighted by Gasteiger charge is 2.22. The molecule has 0 saturated heterocycles. The fraction of sp³-hybridized carbons (Fsp3) is 0.190. The number of benzene rings is 2. The Labute approximate surface area is 171 Å². The molecule has 0 unspecified atom stereocenters. The second-order valence-corrected chi connectivity index (χ2v) is 5.94. The molecule has 0 radical (unpaired) electrons. The van der Waals surface area contributed by atoms with Crippen LogP contribution in [0.25, 0.3) is 10.9 Å². The van der Waals surface area contributed by atoms with Crippen molar-refractivity contribution >= 4 is 22.7 Å². The van der Waals surface area contributed by atoms with Crippen molar-refractivity contribution < 1.29 is 33.6 Å². The maximum absolute atomic E-state index is 13.2. The zero-order chi connectivity index (χ0) is 21.8. The molecular weight excluding hydrogens is 392 g/mol. The first-order chi connectivity index (χ1) is 14.4. The van der Waals surface area contributed by atoms with E-state index in [-0.39, 0.29) is 22.6 Å². The van der Waals surface area contributed by atoms with Gasteiger partial charge in [-0.15, -0.1) is 0 Å². The van der Waals surface area contributed by atoms with Gasteiger partial charge in [-0.05, 0) is 30.2 Å². The number of carboxylic acids is 1. The van der Waals surface area contributed by atoms with Gasteiger partial charge in [-0.25, -0.2) is 4.79 Å². The Morgan fingerprint density at radius 3 is 2.13 bits per heavy atom. The number of hydrogen-bond donors (Lipinski definition) is 2. The van der Waals surface area contributed by atoms with Crippen LogP contribution < -0.4 is 18.9 Å². The average Bonchev–Trinajstić information content (AvgIpc) is 3.19. The SMILES string of the molecule is COc1cc(C(=O)c2[nH]nc3c(C#CC(=O)O)c(OC)ccc23)cc(OC)c1OC. The van der Waals surface area contributed by atoms with E-state index in [2.05, 4.69) is 16.1 Å². The van der Waals surface area contributed by atoms with E-state index in [0.29, 0.717) is 33.9 Å². The summed E-state index contributed by atoms with van der Waals surface area (Å²) in [6.45, 7) is 0. The summed E-state index contributed by atoms with van der Waals surface area (Å²) >= 11 is 0. The van der Waals surface area contributed by atoms with Gasteiger partial charge in [0.25, 0.3) is 0 Å². The molecule has 0 atom stereocenters. The molecule has 2 N–H and O–H groups in total. The zero-order valence-electron chi connectivity index (χ0n) is 16.7. The Hall–Kier alpha value is -4.19. The first-order valence-corrected chi connectivity index (χ1v) is 8.59. The highest BCUT2D eigenvalue weighted by Crippen LogP contribution is 2.39. The average molecular weight is 410 g/mol. The number of ketones is 1. The highest BCUT2D eigenvalue weighted by atomic mass is 16.5. The molecule has 2 aromatic carbocycles. The molecule has 0 aliphatic rings. The number of aromatic nitrogens is 2. The summed E-state index contributed by atoms with van der Waals surface area (Å²) in [4.78, 5) is 24.1. The van der Waals surface area contributed by atoms with Crippen LogP contribution in [0.1, 0.15) is 21.6 Å². The topological polar surface area (TPSA) is 120 Å². The second kappa shape index (κ2) is 8.45. The van der Waals surface area contributed by atoms with Crippen LogP contribution in [0.15, 0.2) is 24.3 Å². The number of fused-ring (bicyclic) bond motifs is 1. The molecule has 3 aromatic rings. The molecule has 9 heteroatoms. The van der Waals surface area contributed by atoms with Crippen molar-refractivity contribution in [3.8, 4) is 34.8 Å². The maximum Gasteiger partial charge on any atom is 0.382 e. The summed E-state index contributed by atoms with van der Waals surface area (Å²) in [7, 11) is 5.81. The van der Waals surface area contributed by atoms with E-state index in [1.807, 2.05) is 5.92 Å². The standard InChI is InChI=1S/C21H18N2O7/c1-27-14-7-5-13-18(12(14)6-8-17(24)25)22-23-19(13)20(26)11-9-15(28-2)21(30-4)16(10-11)29-3/h5,7,9-10H,1-4H3,(H,22,23)(H,24,25). The summed E-state index contributed by atoms with van der Waals surface area (Å²) in [6, 6.07) is 6.31. The number of carboxylic acid groups (broad SMARTS) is 1. The van der Waals surface area contributed by atoms with Crippen LogP contribution in [-0.2, 0) is 4.79 Å². The molecule has 0 aliphatic carbocycles. The van der Waals surface area contributed by atoms with Gasteiger partial charge in [-0.2, -0.15) is 5.10 Å². The van der Waals surface area contributed by atoms with Crippen LogP contribution in [-0.4, -0.2) is 55.5 Å². The molecule has 0 aliphatic heterocycles. The van der Waals surface area contributed by atoms with E-state index in [9.17, 15) is 9.59 Å². The smallest absolute Gasteiger partial charge is 0.382 e. The Morgan fingerprint density at radius 2 is 1.60 bits per heavy atom. The number of aromatic amines is 1. The first-order valence-electron chi connectivity index (χ1n) is 8.59. The summed E-state index contributed by atoms with van der Waals surface area (Å²) in [5, 5.41) is 16.2. The molecule has 1 aromatic heterocycles. The lowest BCUT2D eigenvalue weighted by Crippen LogP contribution is -2.05. The molecule has 9 nitrogen and oxygen atoms in total. The second-order valence-electron chi connectivity index (χ2n) is 5.94. The van der Waals surface area contributed by atoms with Crippen molar-refractivity contribution in [1.82, 2.24) is 10.2 Å². The summed E-state index contributed by atoms with van der Waals surface area (Å²) < 4.78 is 21.1. The lowest BCUT2D eigenvalue weighted by molar-refractivity contribution is -0.130. The van der Waals surface area contributed by atoms with Crippen LogP contribution in [0.5, 0.6) is 23.0 Å². The molecule has 0 amide bonds. The predicted molar refractivity (Wildman–Crippen MR) is 107 cm³/mol. The number of carbonyl (C=O) groups excluding carboxylic acids is 1. The molecular formula is C21H18N2O7. The Balaban J connectivity index is 2.17. The zero-order valence-corrected chi connectivity index (χ0v) is 16.7. The lowest BCUT2D eigenvalue weighted by Gasteiger charge is -2.13. The summed E-state index contributed by atoms with van der Waals surface area (Å²) in [5.41, 5.74) is 1.06. The van der Waals surface area contributed by atoms with Gasteiger partial charge in [-0.3, -0.25) is 9.89 Å². The van der Waals surface area contributed by atoms with E-state index in [1.54, 1.807) is 12.1 Å². The van der Waals surface area contributed by atoms with Crippen LogP contribution >= 0.6 is 0 Å². The number of rotatable bonds is 6. The largest absolute Gasteiger partial charge is 0.495 e. The maximum atomic E-state index is 13.2. The van der Waals surface area contributed by atoms with Gasteiger partial charge < -0.3 is 24.1 Å². The Bertz CT molecular complexity index is 1180. The third-order valence-electron chi connectivity index (χ3n) is 4.36. The molecule has 0 fully saturated rings. The number of nitrogens with one attached hydrogen (secondary N) is 1. The van der Waals surface area contributed by atoms with Gasteiger partial charge in [0.05, 0.1) is 34.0 Å². The molecule has 0 spiro atoms. The van der Waals surface area contributed by atoms with E-state index in [0.717, 1.165) is 0 Å². The van der Waals surface area contributed by atoms with Gasteiger partial charge in [0.2, 0.25) is 11.5 Å². The van der Waals surface area contributed by atoms with Gasteiger partial charge in [-0.1, -0.05) is 0 Å². The van der Waals surface area contributed by atoms with Crippen LogP contribution in [0.3, 0.4) is 0 Å². The van der Waals surface area contributed by atoms with Crippen molar-refractivity contribution in [2.24, 2.45) is 0 Å². The predicted octanol–water partition coefficient (Wildman–Crippen LogP) is 2.26. The van der Waals surface area contributed by atoms with Crippen LogP contribution in [0.2, 0.25) is 0 Å². The Morgan fingerprint density at radius 1 is 0.967 bits per heavy atom. The van der Waals surface area contributed by atoms with Crippen molar-refractivity contribution in [2.45, 2.75) is 0 Å². The molecule has 1 heterocycles. The van der Waals surface area contributed by atoms with Gasteiger partial charge in [0.1, 0.15) is 17.0 Å². The van der Waals surface area contributed by atoms with Crippen molar-refractivity contribution in [1.29, 1.82) is 0 Å². The van der Waals surface area contributed by atoms with Crippen molar-refractivity contribution in [3.63, 3.8) is 0 Å². The third kappa shape index (κ3) is 3.58. The molecule has 0 bridgehead atoms. The Kier molecular flexibility index (Phi) is 5.78. The monoisotopic (exact) mass is 410 g/mol. The number of hydrogen-bond acceptors (Lipinski definition) is 7. The normalized spacial score (nSPS) is 10.1.